The first-order valence-corrected chi connectivity index (χ1v) is 8.38. The molecule has 0 radical (unpaired) electrons. The van der Waals surface area contributed by atoms with Gasteiger partial charge < -0.3 is 15.4 Å². The summed E-state index contributed by atoms with van der Waals surface area (Å²) in [4.78, 5) is 16.1. The van der Waals surface area contributed by atoms with Gasteiger partial charge in [0.15, 0.2) is 5.17 Å². The fraction of sp³-hybridized carbons (Fsp3) is 0.857. The van der Waals surface area contributed by atoms with Crippen molar-refractivity contribution in [3.05, 3.63) is 0 Å². The monoisotopic (exact) mass is 299 g/mol. The molecular formula is C14H25N3O2S. The van der Waals surface area contributed by atoms with Gasteiger partial charge in [0.2, 0.25) is 5.91 Å². The number of hydrogen-bond acceptors (Lipinski definition) is 4. The molecule has 0 atom stereocenters. The molecule has 2 fully saturated rings. The van der Waals surface area contributed by atoms with E-state index in [1.54, 1.807) is 11.8 Å². The Morgan fingerprint density at radius 1 is 1.50 bits per heavy atom. The van der Waals surface area contributed by atoms with Crippen LogP contribution in [-0.4, -0.2) is 48.7 Å². The average Bonchev–Trinajstić information content (AvgIpc) is 2.80. The highest BCUT2D eigenvalue weighted by atomic mass is 32.2. The van der Waals surface area contributed by atoms with Crippen LogP contribution in [0.1, 0.15) is 33.1 Å². The molecule has 0 aromatic rings. The maximum absolute atomic E-state index is 11.6. The van der Waals surface area contributed by atoms with Gasteiger partial charge in [-0.1, -0.05) is 25.6 Å². The minimum atomic E-state index is 0.0897. The number of hydrogen-bond donors (Lipinski definition) is 2. The van der Waals surface area contributed by atoms with Crippen LogP contribution in [0.5, 0.6) is 0 Å². The van der Waals surface area contributed by atoms with E-state index in [9.17, 15) is 4.79 Å². The molecule has 2 aliphatic heterocycles. The predicted octanol–water partition coefficient (Wildman–Crippen LogP) is 1.39. The number of thioether (sulfide) groups is 1. The van der Waals surface area contributed by atoms with Crippen LogP contribution in [0.15, 0.2) is 4.99 Å². The summed E-state index contributed by atoms with van der Waals surface area (Å²) < 4.78 is 5.41. The zero-order valence-electron chi connectivity index (χ0n) is 12.4. The van der Waals surface area contributed by atoms with E-state index in [2.05, 4.69) is 29.5 Å². The second kappa shape index (κ2) is 7.31. The van der Waals surface area contributed by atoms with Gasteiger partial charge in [0.1, 0.15) is 0 Å². The van der Waals surface area contributed by atoms with E-state index in [1.165, 1.54) is 0 Å². The van der Waals surface area contributed by atoms with Crippen molar-refractivity contribution >= 4 is 22.8 Å². The quantitative estimate of drug-likeness (QED) is 0.805. The lowest BCUT2D eigenvalue weighted by Gasteiger charge is -2.32. The summed E-state index contributed by atoms with van der Waals surface area (Å²) in [6.45, 7) is 7.15. The molecule has 114 valence electrons. The Labute approximate surface area is 125 Å². The molecule has 6 heteroatoms. The van der Waals surface area contributed by atoms with Gasteiger partial charge in [0.25, 0.3) is 0 Å². The second-order valence-electron chi connectivity index (χ2n) is 5.94. The molecule has 0 bridgehead atoms. The highest BCUT2D eigenvalue weighted by Crippen LogP contribution is 2.31. The third-order valence-electron chi connectivity index (χ3n) is 3.61. The third-order valence-corrected chi connectivity index (χ3v) is 4.81. The fourth-order valence-corrected chi connectivity index (χ4v) is 3.53. The SMILES string of the molecule is CC(C)CNC(=O)CCN=C1NC2(CCOCC2)CS1. The molecule has 1 spiro atoms. The third kappa shape index (κ3) is 4.66. The number of rotatable bonds is 5. The molecule has 5 nitrogen and oxygen atoms in total. The Morgan fingerprint density at radius 3 is 2.95 bits per heavy atom. The van der Waals surface area contributed by atoms with Crippen molar-refractivity contribution < 1.29 is 9.53 Å². The van der Waals surface area contributed by atoms with Gasteiger partial charge in [-0.3, -0.25) is 9.79 Å². The molecule has 2 aliphatic rings. The molecule has 20 heavy (non-hydrogen) atoms. The normalized spacial score (nSPS) is 23.2. The van der Waals surface area contributed by atoms with Crippen LogP contribution in [0.25, 0.3) is 0 Å². The lowest BCUT2D eigenvalue weighted by molar-refractivity contribution is -0.121. The van der Waals surface area contributed by atoms with E-state index in [1.807, 2.05) is 0 Å². The van der Waals surface area contributed by atoms with Crippen molar-refractivity contribution in [3.63, 3.8) is 0 Å². The number of amides is 1. The molecular weight excluding hydrogens is 274 g/mol. The summed E-state index contributed by atoms with van der Waals surface area (Å²) >= 11 is 1.77. The molecule has 2 rings (SSSR count). The number of amidine groups is 1. The summed E-state index contributed by atoms with van der Waals surface area (Å²) in [5.41, 5.74) is 0.182. The number of aliphatic imine (C=N–C) groups is 1. The first-order chi connectivity index (χ1) is 9.60. The fourth-order valence-electron chi connectivity index (χ4n) is 2.29. The number of carbonyl (C=O) groups excluding carboxylic acids is 1. The number of nitrogens with zero attached hydrogens (tertiary/aromatic N) is 1. The van der Waals surface area contributed by atoms with E-state index < -0.39 is 0 Å². The van der Waals surface area contributed by atoms with E-state index >= 15 is 0 Å². The van der Waals surface area contributed by atoms with Gasteiger partial charge in [0, 0.05) is 31.9 Å². The molecule has 2 saturated heterocycles. The van der Waals surface area contributed by atoms with Crippen molar-refractivity contribution in [1.29, 1.82) is 0 Å². The van der Waals surface area contributed by atoms with Crippen molar-refractivity contribution in [2.45, 2.75) is 38.6 Å². The smallest absolute Gasteiger partial charge is 0.221 e. The standard InChI is InChI=1S/C14H25N3O2S/c1-11(2)9-16-12(18)3-6-15-13-17-14(10-20-13)4-7-19-8-5-14/h11H,3-10H2,1-2H3,(H,15,17)(H,16,18). The summed E-state index contributed by atoms with van der Waals surface area (Å²) in [5, 5.41) is 7.43. The molecule has 0 aromatic carbocycles. The van der Waals surface area contributed by atoms with Crippen molar-refractivity contribution in [2.24, 2.45) is 10.9 Å². The van der Waals surface area contributed by atoms with E-state index in [4.69, 9.17) is 4.74 Å². The number of nitrogens with one attached hydrogen (secondary N) is 2. The number of carbonyl (C=O) groups is 1. The molecule has 1 amide bonds. The van der Waals surface area contributed by atoms with Gasteiger partial charge in [-0.2, -0.15) is 0 Å². The Hall–Kier alpha value is -0.750. The van der Waals surface area contributed by atoms with Crippen molar-refractivity contribution in [3.8, 4) is 0 Å². The largest absolute Gasteiger partial charge is 0.381 e. The van der Waals surface area contributed by atoms with Crippen LogP contribution in [-0.2, 0) is 9.53 Å². The van der Waals surface area contributed by atoms with Crippen LogP contribution in [0.4, 0.5) is 0 Å². The van der Waals surface area contributed by atoms with Gasteiger partial charge in [-0.05, 0) is 18.8 Å². The Kier molecular flexibility index (Phi) is 5.72. The molecule has 0 aromatic heterocycles. The molecule has 2 N–H and O–H groups in total. The number of ether oxygens (including phenoxy) is 1. The predicted molar refractivity (Wildman–Crippen MR) is 83.1 cm³/mol. The zero-order chi connectivity index (χ0) is 14.4. The van der Waals surface area contributed by atoms with E-state index in [0.717, 1.165) is 43.5 Å². The molecule has 2 heterocycles. The Balaban J connectivity index is 1.69. The van der Waals surface area contributed by atoms with Crippen LogP contribution in [0.2, 0.25) is 0 Å². The van der Waals surface area contributed by atoms with Gasteiger partial charge in [-0.25, -0.2) is 0 Å². The summed E-state index contributed by atoms with van der Waals surface area (Å²) in [6.07, 6.45) is 2.57. The maximum Gasteiger partial charge on any atom is 0.221 e. The van der Waals surface area contributed by atoms with Gasteiger partial charge in [0.05, 0.1) is 12.1 Å². The highest BCUT2D eigenvalue weighted by molar-refractivity contribution is 8.14. The van der Waals surface area contributed by atoms with Gasteiger partial charge >= 0.3 is 0 Å². The lowest BCUT2D eigenvalue weighted by Crippen LogP contribution is -2.48. The highest BCUT2D eigenvalue weighted by Gasteiger charge is 2.38. The zero-order valence-corrected chi connectivity index (χ0v) is 13.2. The van der Waals surface area contributed by atoms with Crippen molar-refractivity contribution in [2.75, 3.05) is 32.1 Å². The maximum atomic E-state index is 11.6. The summed E-state index contributed by atoms with van der Waals surface area (Å²) in [7, 11) is 0. The minimum Gasteiger partial charge on any atom is -0.381 e. The average molecular weight is 299 g/mol. The molecule has 0 aliphatic carbocycles. The van der Waals surface area contributed by atoms with Crippen LogP contribution >= 0.6 is 11.8 Å². The van der Waals surface area contributed by atoms with Crippen LogP contribution < -0.4 is 10.6 Å². The second-order valence-corrected chi connectivity index (χ2v) is 6.91. The van der Waals surface area contributed by atoms with Gasteiger partial charge in [-0.15, -0.1) is 0 Å². The summed E-state index contributed by atoms with van der Waals surface area (Å²) in [5.74, 6) is 1.65. The lowest BCUT2D eigenvalue weighted by atomic mass is 9.93. The Morgan fingerprint density at radius 2 is 2.25 bits per heavy atom. The van der Waals surface area contributed by atoms with Crippen LogP contribution in [0, 0.1) is 5.92 Å². The molecule has 0 unspecified atom stereocenters. The first-order valence-electron chi connectivity index (χ1n) is 7.39. The van der Waals surface area contributed by atoms with Crippen LogP contribution in [0.3, 0.4) is 0 Å². The van der Waals surface area contributed by atoms with E-state index in [0.29, 0.717) is 18.9 Å². The van der Waals surface area contributed by atoms with Crippen molar-refractivity contribution in [1.82, 2.24) is 10.6 Å². The first kappa shape index (κ1) is 15.6. The summed E-state index contributed by atoms with van der Waals surface area (Å²) in [6, 6.07) is 0. The Bertz CT molecular complexity index is 365. The molecule has 0 saturated carbocycles. The van der Waals surface area contributed by atoms with E-state index in [-0.39, 0.29) is 11.4 Å². The topological polar surface area (TPSA) is 62.7 Å². The minimum absolute atomic E-state index is 0.0897.